The van der Waals surface area contributed by atoms with E-state index in [1.165, 1.54) is 0 Å². The minimum absolute atomic E-state index is 0.344. The summed E-state index contributed by atoms with van der Waals surface area (Å²) in [5, 5.41) is 24.3. The van der Waals surface area contributed by atoms with Crippen molar-refractivity contribution in [3.05, 3.63) is 77.6 Å². The summed E-state index contributed by atoms with van der Waals surface area (Å²) in [5.41, 5.74) is 2.16. The summed E-state index contributed by atoms with van der Waals surface area (Å²) < 4.78 is 1.61. The average Bonchev–Trinajstić information content (AvgIpc) is 2.98. The van der Waals surface area contributed by atoms with Crippen LogP contribution in [0.25, 0.3) is 0 Å². The Labute approximate surface area is 121 Å². The van der Waals surface area contributed by atoms with Crippen LogP contribution in [0.4, 0.5) is 0 Å². The molecule has 2 aromatic carbocycles. The molecule has 0 saturated carbocycles. The molecule has 3 aromatic rings. The molecule has 0 saturated heterocycles. The molecule has 0 aliphatic heterocycles. The standard InChI is InChI=1S/C15H13N5O/c21-17-14(13-9-5-2-6-10-13)15-16-18-19-20(15)11-12-7-3-1-4-8-12/h1-10,21H,11H2/b17-14-. The number of rotatable bonds is 4. The van der Waals surface area contributed by atoms with E-state index in [4.69, 9.17) is 0 Å². The smallest absolute Gasteiger partial charge is 0.205 e. The van der Waals surface area contributed by atoms with E-state index >= 15 is 0 Å². The molecular weight excluding hydrogens is 266 g/mol. The van der Waals surface area contributed by atoms with Gasteiger partial charge in [-0.05, 0) is 16.0 Å². The minimum Gasteiger partial charge on any atom is -0.410 e. The van der Waals surface area contributed by atoms with Crippen LogP contribution >= 0.6 is 0 Å². The van der Waals surface area contributed by atoms with Crippen molar-refractivity contribution in [2.24, 2.45) is 5.16 Å². The van der Waals surface area contributed by atoms with E-state index in [2.05, 4.69) is 20.7 Å². The fourth-order valence-electron chi connectivity index (χ4n) is 2.06. The molecule has 0 bridgehead atoms. The molecule has 1 N–H and O–H groups in total. The topological polar surface area (TPSA) is 76.2 Å². The first-order valence-electron chi connectivity index (χ1n) is 6.46. The molecule has 0 radical (unpaired) electrons. The summed E-state index contributed by atoms with van der Waals surface area (Å²) >= 11 is 0. The highest BCUT2D eigenvalue weighted by Gasteiger charge is 2.16. The van der Waals surface area contributed by atoms with E-state index in [1.54, 1.807) is 4.68 Å². The second-order valence-corrected chi connectivity index (χ2v) is 4.46. The Bertz CT molecular complexity index is 737. The van der Waals surface area contributed by atoms with Gasteiger partial charge in [-0.25, -0.2) is 4.68 Å². The third kappa shape index (κ3) is 2.79. The van der Waals surface area contributed by atoms with Crippen LogP contribution < -0.4 is 0 Å². The van der Waals surface area contributed by atoms with Crippen LogP contribution in [0.1, 0.15) is 17.0 Å². The van der Waals surface area contributed by atoms with Gasteiger partial charge in [0, 0.05) is 5.56 Å². The molecule has 104 valence electrons. The van der Waals surface area contributed by atoms with Crippen LogP contribution in [0.15, 0.2) is 65.8 Å². The van der Waals surface area contributed by atoms with Crippen molar-refractivity contribution in [3.63, 3.8) is 0 Å². The Morgan fingerprint density at radius 3 is 2.33 bits per heavy atom. The molecule has 1 aromatic heterocycles. The van der Waals surface area contributed by atoms with Gasteiger partial charge in [-0.3, -0.25) is 0 Å². The molecule has 6 nitrogen and oxygen atoms in total. The fourth-order valence-corrected chi connectivity index (χ4v) is 2.06. The lowest BCUT2D eigenvalue weighted by atomic mass is 10.1. The summed E-state index contributed by atoms with van der Waals surface area (Å²) in [6, 6.07) is 19.2. The van der Waals surface area contributed by atoms with Gasteiger partial charge in [-0.1, -0.05) is 65.8 Å². The van der Waals surface area contributed by atoms with Crippen molar-refractivity contribution in [2.45, 2.75) is 6.54 Å². The summed E-state index contributed by atoms with van der Waals surface area (Å²) in [4.78, 5) is 0. The van der Waals surface area contributed by atoms with Crippen LogP contribution in [-0.4, -0.2) is 31.1 Å². The van der Waals surface area contributed by atoms with Gasteiger partial charge < -0.3 is 5.21 Å². The lowest BCUT2D eigenvalue weighted by Crippen LogP contribution is -2.14. The van der Waals surface area contributed by atoms with Crippen molar-refractivity contribution in [1.29, 1.82) is 0 Å². The predicted molar refractivity (Wildman–Crippen MR) is 77.2 cm³/mol. The van der Waals surface area contributed by atoms with E-state index in [0.717, 1.165) is 11.1 Å². The molecule has 6 heteroatoms. The zero-order chi connectivity index (χ0) is 14.5. The van der Waals surface area contributed by atoms with Crippen LogP contribution in [0.3, 0.4) is 0 Å². The molecule has 0 atom stereocenters. The van der Waals surface area contributed by atoms with E-state index in [-0.39, 0.29) is 0 Å². The Morgan fingerprint density at radius 1 is 1.00 bits per heavy atom. The quantitative estimate of drug-likeness (QED) is 0.450. The van der Waals surface area contributed by atoms with Crippen molar-refractivity contribution in [3.8, 4) is 0 Å². The van der Waals surface area contributed by atoms with Gasteiger partial charge in [0.25, 0.3) is 0 Å². The third-order valence-corrected chi connectivity index (χ3v) is 3.07. The lowest BCUT2D eigenvalue weighted by molar-refractivity contribution is 0.319. The normalized spacial score (nSPS) is 11.5. The number of nitrogens with zero attached hydrogens (tertiary/aromatic N) is 5. The molecule has 0 unspecified atom stereocenters. The Morgan fingerprint density at radius 2 is 1.67 bits per heavy atom. The highest BCUT2D eigenvalue weighted by Crippen LogP contribution is 2.09. The molecular formula is C15H13N5O. The van der Waals surface area contributed by atoms with E-state index < -0.39 is 0 Å². The number of oxime groups is 1. The largest absolute Gasteiger partial charge is 0.410 e. The Balaban J connectivity index is 1.95. The highest BCUT2D eigenvalue weighted by atomic mass is 16.4. The van der Waals surface area contributed by atoms with E-state index in [9.17, 15) is 5.21 Å². The first-order chi connectivity index (χ1) is 10.4. The van der Waals surface area contributed by atoms with Crippen LogP contribution in [0.5, 0.6) is 0 Å². The number of hydrogen-bond donors (Lipinski definition) is 1. The van der Waals surface area contributed by atoms with Gasteiger partial charge in [0.1, 0.15) is 0 Å². The summed E-state index contributed by atoms with van der Waals surface area (Å²) in [6.45, 7) is 0.509. The summed E-state index contributed by atoms with van der Waals surface area (Å²) in [6.07, 6.45) is 0. The van der Waals surface area contributed by atoms with Crippen molar-refractivity contribution in [2.75, 3.05) is 0 Å². The van der Waals surface area contributed by atoms with Gasteiger partial charge in [0.2, 0.25) is 5.82 Å². The Hall–Kier alpha value is -3.02. The Kier molecular flexibility index (Phi) is 3.68. The SMILES string of the molecule is O/N=C(/c1ccccc1)c1nnnn1Cc1ccccc1. The van der Waals surface area contributed by atoms with Crippen LogP contribution in [0, 0.1) is 0 Å². The maximum atomic E-state index is 9.32. The van der Waals surface area contributed by atoms with Gasteiger partial charge in [-0.2, -0.15) is 0 Å². The molecule has 0 aliphatic carbocycles. The van der Waals surface area contributed by atoms with E-state index in [1.807, 2.05) is 60.7 Å². The summed E-state index contributed by atoms with van der Waals surface area (Å²) in [5.74, 6) is 0.424. The molecule has 21 heavy (non-hydrogen) atoms. The maximum Gasteiger partial charge on any atom is 0.205 e. The van der Waals surface area contributed by atoms with Gasteiger partial charge >= 0.3 is 0 Å². The van der Waals surface area contributed by atoms with Gasteiger partial charge in [0.05, 0.1) is 6.54 Å². The molecule has 0 amide bonds. The predicted octanol–water partition coefficient (Wildman–Crippen LogP) is 1.95. The molecule has 3 rings (SSSR count). The number of benzene rings is 2. The highest BCUT2D eigenvalue weighted by molar-refractivity contribution is 6.10. The first-order valence-corrected chi connectivity index (χ1v) is 6.46. The maximum absolute atomic E-state index is 9.32. The van der Waals surface area contributed by atoms with Crippen molar-refractivity contribution in [1.82, 2.24) is 20.2 Å². The zero-order valence-electron chi connectivity index (χ0n) is 11.2. The molecule has 0 aliphatic rings. The van der Waals surface area contributed by atoms with Crippen LogP contribution in [-0.2, 0) is 6.54 Å². The lowest BCUT2D eigenvalue weighted by Gasteiger charge is -2.06. The third-order valence-electron chi connectivity index (χ3n) is 3.07. The van der Waals surface area contributed by atoms with Gasteiger partial charge in [0.15, 0.2) is 5.71 Å². The van der Waals surface area contributed by atoms with E-state index in [0.29, 0.717) is 18.1 Å². The fraction of sp³-hybridized carbons (Fsp3) is 0.0667. The molecule has 0 spiro atoms. The second kappa shape index (κ2) is 5.96. The number of aromatic nitrogens is 4. The molecule has 1 heterocycles. The van der Waals surface area contributed by atoms with Crippen molar-refractivity contribution >= 4 is 5.71 Å². The molecule has 0 fully saturated rings. The van der Waals surface area contributed by atoms with Crippen LogP contribution in [0.2, 0.25) is 0 Å². The monoisotopic (exact) mass is 279 g/mol. The minimum atomic E-state index is 0.344. The van der Waals surface area contributed by atoms with Crippen molar-refractivity contribution < 1.29 is 5.21 Å². The number of tetrazole rings is 1. The second-order valence-electron chi connectivity index (χ2n) is 4.46. The van der Waals surface area contributed by atoms with Gasteiger partial charge in [-0.15, -0.1) is 5.10 Å². The zero-order valence-corrected chi connectivity index (χ0v) is 11.2. The first kappa shape index (κ1) is 13.0. The number of hydrogen-bond acceptors (Lipinski definition) is 5. The average molecular weight is 279 g/mol. The summed E-state index contributed by atoms with van der Waals surface area (Å²) in [7, 11) is 0.